The van der Waals surface area contributed by atoms with Crippen LogP contribution in [0.25, 0.3) is 10.9 Å². The highest BCUT2D eigenvalue weighted by Gasteiger charge is 1.99. The van der Waals surface area contributed by atoms with Crippen LogP contribution in [0.3, 0.4) is 0 Å². The van der Waals surface area contributed by atoms with Crippen molar-refractivity contribution in [2.24, 2.45) is 0 Å². The molecule has 1 heterocycles. The molecule has 1 aromatic heterocycles. The Bertz CT molecular complexity index is 592. The zero-order chi connectivity index (χ0) is 10.1. The maximum absolute atomic E-state index is 11.5. The molecule has 4 heteroatoms. The Hall–Kier alpha value is -2.28. The van der Waals surface area contributed by atoms with Crippen LogP contribution in [0.1, 0.15) is 5.56 Å². The molecule has 0 spiro atoms. The Kier molecular flexibility index (Phi) is 1.72. The highest BCUT2D eigenvalue weighted by atomic mass is 16.5. The Morgan fingerprint density at radius 2 is 2.07 bits per heavy atom. The third kappa shape index (κ3) is 1.04. The quantitative estimate of drug-likeness (QED) is 0.670. The van der Waals surface area contributed by atoms with E-state index in [4.69, 9.17) is 10.7 Å². The number of benzene rings is 1. The molecule has 68 valence electrons. The summed E-state index contributed by atoms with van der Waals surface area (Å²) in [4.78, 5) is 0. The van der Waals surface area contributed by atoms with Crippen LogP contribution in [0.15, 0.2) is 30.3 Å². The van der Waals surface area contributed by atoms with Crippen LogP contribution >= 0.6 is 0 Å². The van der Waals surface area contributed by atoms with Gasteiger partial charge in [0.05, 0.1) is 5.56 Å². The molecule has 0 amide bonds. The maximum atomic E-state index is 11.5. The topological polar surface area (TPSA) is 75.6 Å². The van der Waals surface area contributed by atoms with Gasteiger partial charge in [-0.3, -0.25) is 5.41 Å². The number of rotatable bonds is 0. The standard InChI is InChI=1S/C10H6N3O/c11-6-8-5-7-3-1-2-4-9(7)13(14)10(8)12/h1-5,12H/q-1. The van der Waals surface area contributed by atoms with Crippen LogP contribution in [0.5, 0.6) is 0 Å². The number of para-hydroxylation sites is 1. The molecule has 0 saturated heterocycles. The molecule has 2 rings (SSSR count). The Morgan fingerprint density at radius 3 is 2.79 bits per heavy atom. The minimum atomic E-state index is -0.300. The summed E-state index contributed by atoms with van der Waals surface area (Å²) in [5.41, 5.74) is 0.210. The smallest absolute Gasteiger partial charge is 0.138 e. The number of aromatic nitrogens is 1. The van der Waals surface area contributed by atoms with E-state index in [1.165, 1.54) is 0 Å². The van der Waals surface area contributed by atoms with E-state index >= 15 is 0 Å². The van der Waals surface area contributed by atoms with Gasteiger partial charge in [0.1, 0.15) is 11.6 Å². The largest absolute Gasteiger partial charge is 0.804 e. The van der Waals surface area contributed by atoms with Crippen LogP contribution in [-0.2, 0) is 0 Å². The number of hydrogen-bond acceptors (Lipinski definition) is 3. The normalized spacial score (nSPS) is 9.93. The van der Waals surface area contributed by atoms with Crippen molar-refractivity contribution in [2.45, 2.75) is 0 Å². The van der Waals surface area contributed by atoms with Gasteiger partial charge in [0.15, 0.2) is 0 Å². The van der Waals surface area contributed by atoms with Crippen LogP contribution in [0.2, 0.25) is 0 Å². The lowest BCUT2D eigenvalue weighted by Crippen LogP contribution is -2.18. The molecule has 0 radical (unpaired) electrons. The summed E-state index contributed by atoms with van der Waals surface area (Å²) in [5, 5.41) is 28.2. The van der Waals surface area contributed by atoms with Crippen molar-refractivity contribution < 1.29 is 0 Å². The van der Waals surface area contributed by atoms with Gasteiger partial charge in [0.2, 0.25) is 0 Å². The highest BCUT2D eigenvalue weighted by Crippen LogP contribution is 2.11. The number of pyridine rings is 1. The lowest BCUT2D eigenvalue weighted by atomic mass is 10.2. The molecule has 14 heavy (non-hydrogen) atoms. The average Bonchev–Trinajstić information content (AvgIpc) is 2.23. The third-order valence-electron chi connectivity index (χ3n) is 2.03. The third-order valence-corrected chi connectivity index (χ3v) is 2.03. The minimum absolute atomic E-state index is 0.0960. The van der Waals surface area contributed by atoms with Crippen molar-refractivity contribution in [1.29, 1.82) is 10.7 Å². The second kappa shape index (κ2) is 2.89. The summed E-state index contributed by atoms with van der Waals surface area (Å²) in [7, 11) is 0. The molecule has 0 saturated carbocycles. The molecule has 0 aliphatic carbocycles. The van der Waals surface area contributed by atoms with E-state index in [-0.39, 0.29) is 11.1 Å². The first-order chi connectivity index (χ1) is 6.74. The lowest BCUT2D eigenvalue weighted by Gasteiger charge is -2.15. The fourth-order valence-electron chi connectivity index (χ4n) is 1.33. The fourth-order valence-corrected chi connectivity index (χ4v) is 1.33. The Labute approximate surface area is 79.7 Å². The van der Waals surface area contributed by atoms with E-state index in [0.717, 1.165) is 0 Å². The predicted octanol–water partition coefficient (Wildman–Crippen LogP) is 1.34. The monoisotopic (exact) mass is 184 g/mol. The lowest BCUT2D eigenvalue weighted by molar-refractivity contribution is 0.966. The summed E-state index contributed by atoms with van der Waals surface area (Å²) < 4.78 is 0.466. The van der Waals surface area contributed by atoms with Gasteiger partial charge in [-0.25, -0.2) is 0 Å². The second-order valence-corrected chi connectivity index (χ2v) is 2.87. The first-order valence-corrected chi connectivity index (χ1v) is 4.01. The second-order valence-electron chi connectivity index (χ2n) is 2.87. The van der Waals surface area contributed by atoms with E-state index in [2.05, 4.69) is 0 Å². The summed E-state index contributed by atoms with van der Waals surface area (Å²) in [6, 6.07) is 10.2. The molecule has 2 aromatic rings. The molecule has 0 aliphatic heterocycles. The summed E-state index contributed by atoms with van der Waals surface area (Å²) in [6.45, 7) is 0. The molecule has 0 unspecified atom stereocenters. The van der Waals surface area contributed by atoms with E-state index < -0.39 is 0 Å². The van der Waals surface area contributed by atoms with Gasteiger partial charge in [-0.1, -0.05) is 18.2 Å². The summed E-state index contributed by atoms with van der Waals surface area (Å²) in [6.07, 6.45) is 0. The van der Waals surface area contributed by atoms with Gasteiger partial charge in [0, 0.05) is 5.52 Å². The zero-order valence-electron chi connectivity index (χ0n) is 7.19. The van der Waals surface area contributed by atoms with Gasteiger partial charge < -0.3 is 9.94 Å². The predicted molar refractivity (Wildman–Crippen MR) is 51.3 cm³/mol. The summed E-state index contributed by atoms with van der Waals surface area (Å²) in [5.74, 6) is 0. The molecule has 4 nitrogen and oxygen atoms in total. The van der Waals surface area contributed by atoms with Crippen molar-refractivity contribution in [2.75, 3.05) is 0 Å². The molecule has 1 N–H and O–H groups in total. The van der Waals surface area contributed by atoms with Gasteiger partial charge in [-0.05, 0) is 17.5 Å². The fraction of sp³-hybridized carbons (Fsp3) is 0. The first-order valence-electron chi connectivity index (χ1n) is 4.01. The molecule has 1 aromatic carbocycles. The average molecular weight is 184 g/mol. The molecular weight excluding hydrogens is 178 g/mol. The molecule has 0 aliphatic rings. The van der Waals surface area contributed by atoms with Crippen LogP contribution in [-0.4, -0.2) is 4.73 Å². The van der Waals surface area contributed by atoms with E-state index in [9.17, 15) is 5.21 Å². The van der Waals surface area contributed by atoms with Gasteiger partial charge >= 0.3 is 0 Å². The van der Waals surface area contributed by atoms with Crippen LogP contribution in [0.4, 0.5) is 0 Å². The molecular formula is C10H6N3O-. The minimum Gasteiger partial charge on any atom is -0.804 e. The van der Waals surface area contributed by atoms with Crippen molar-refractivity contribution in [3.8, 4) is 6.07 Å². The maximum Gasteiger partial charge on any atom is 0.138 e. The SMILES string of the molecule is N#Cc1cc2ccccc2n([O-])c1=N. The van der Waals surface area contributed by atoms with Crippen molar-refractivity contribution in [3.05, 3.63) is 46.6 Å². The highest BCUT2D eigenvalue weighted by molar-refractivity contribution is 5.80. The van der Waals surface area contributed by atoms with Crippen LogP contribution < -0.4 is 5.49 Å². The van der Waals surface area contributed by atoms with Gasteiger partial charge in [-0.2, -0.15) is 5.26 Å². The number of nitrogens with zero attached hydrogens (tertiary/aromatic N) is 2. The zero-order valence-corrected chi connectivity index (χ0v) is 7.19. The van der Waals surface area contributed by atoms with E-state index in [0.29, 0.717) is 15.6 Å². The van der Waals surface area contributed by atoms with Crippen LogP contribution in [0, 0.1) is 21.9 Å². The molecule has 0 bridgehead atoms. The van der Waals surface area contributed by atoms with Gasteiger partial charge in [-0.15, -0.1) is 0 Å². The van der Waals surface area contributed by atoms with Crippen molar-refractivity contribution in [1.82, 2.24) is 4.73 Å². The molecule has 0 fully saturated rings. The Balaban J connectivity index is 3.01. The summed E-state index contributed by atoms with van der Waals surface area (Å²) >= 11 is 0. The molecule has 0 atom stereocenters. The Morgan fingerprint density at radius 1 is 1.36 bits per heavy atom. The number of nitriles is 1. The number of nitrogens with one attached hydrogen (secondary N) is 1. The number of fused-ring (bicyclic) bond motifs is 1. The first kappa shape index (κ1) is 8.32. The van der Waals surface area contributed by atoms with E-state index in [1.807, 2.05) is 6.07 Å². The van der Waals surface area contributed by atoms with E-state index in [1.54, 1.807) is 30.3 Å². The van der Waals surface area contributed by atoms with Crippen molar-refractivity contribution in [3.63, 3.8) is 0 Å². The van der Waals surface area contributed by atoms with Gasteiger partial charge in [0.25, 0.3) is 0 Å². The number of hydrogen-bond donors (Lipinski definition) is 1. The van der Waals surface area contributed by atoms with Crippen molar-refractivity contribution >= 4 is 10.9 Å².